The number of aryl methyl sites for hydroxylation is 1. The zero-order chi connectivity index (χ0) is 9.42. The van der Waals surface area contributed by atoms with Crippen LogP contribution in [0.3, 0.4) is 0 Å². The van der Waals surface area contributed by atoms with E-state index in [4.69, 9.17) is 0 Å². The van der Waals surface area contributed by atoms with Gasteiger partial charge in [-0.15, -0.1) is 0 Å². The number of hydrogen-bond acceptors (Lipinski definition) is 2. The van der Waals surface area contributed by atoms with Crippen LogP contribution in [0.2, 0.25) is 0 Å². The molecule has 0 spiro atoms. The molecule has 3 nitrogen and oxygen atoms in total. The van der Waals surface area contributed by atoms with E-state index in [0.717, 1.165) is 21.4 Å². The van der Waals surface area contributed by atoms with Gasteiger partial charge < -0.3 is 10.6 Å². The Morgan fingerprint density at radius 3 is 3.00 bits per heavy atom. The van der Waals surface area contributed by atoms with Gasteiger partial charge in [-0.05, 0) is 24.6 Å². The normalized spacial score (nSPS) is 14.5. The average molecular weight is 241 g/mol. The summed E-state index contributed by atoms with van der Waals surface area (Å²) in [6.45, 7) is 2.36. The third kappa shape index (κ3) is 1.54. The molecule has 0 unspecified atom stereocenters. The maximum absolute atomic E-state index is 11.1. The molecule has 1 aliphatic rings. The summed E-state index contributed by atoms with van der Waals surface area (Å²) in [6, 6.07) is 3.91. The molecule has 0 atom stereocenters. The second-order valence-electron chi connectivity index (χ2n) is 3.05. The van der Waals surface area contributed by atoms with Crippen molar-refractivity contribution in [3.63, 3.8) is 0 Å². The molecular weight excluding hydrogens is 232 g/mol. The molecule has 1 aromatic carbocycles. The highest BCUT2D eigenvalue weighted by Gasteiger charge is 2.15. The average Bonchev–Trinajstić information content (AvgIpc) is 2.02. The van der Waals surface area contributed by atoms with Crippen molar-refractivity contribution in [3.8, 4) is 0 Å². The lowest BCUT2D eigenvalue weighted by molar-refractivity contribution is -0.114. The van der Waals surface area contributed by atoms with Gasteiger partial charge in [0.2, 0.25) is 5.91 Å². The van der Waals surface area contributed by atoms with Crippen molar-refractivity contribution in [2.75, 3.05) is 17.2 Å². The lowest BCUT2D eigenvalue weighted by Crippen LogP contribution is -2.27. The second-order valence-corrected chi connectivity index (χ2v) is 3.96. The number of fused-ring (bicyclic) bond motifs is 1. The molecule has 0 aromatic heterocycles. The number of halogens is 1. The first-order valence-corrected chi connectivity index (χ1v) is 4.80. The first-order chi connectivity index (χ1) is 6.16. The van der Waals surface area contributed by atoms with Crippen LogP contribution in [0.5, 0.6) is 0 Å². The van der Waals surface area contributed by atoms with Crippen LogP contribution in [0.15, 0.2) is 16.6 Å². The van der Waals surface area contributed by atoms with E-state index in [9.17, 15) is 4.79 Å². The summed E-state index contributed by atoms with van der Waals surface area (Å²) in [5.74, 6) is 0.00463. The number of hydrogen-bond donors (Lipinski definition) is 2. The standard InChI is InChI=1S/C9H9BrN2O/c1-5-2-6(10)3-7-9(5)11-4-8(13)12-7/h2-3,11H,4H2,1H3,(H,12,13). The van der Waals surface area contributed by atoms with Crippen LogP contribution in [0.4, 0.5) is 11.4 Å². The number of carbonyl (C=O) groups excluding carboxylic acids is 1. The second kappa shape index (κ2) is 3.03. The quantitative estimate of drug-likeness (QED) is 0.730. The van der Waals surface area contributed by atoms with Gasteiger partial charge in [0, 0.05) is 4.47 Å². The van der Waals surface area contributed by atoms with Crippen molar-refractivity contribution in [2.24, 2.45) is 0 Å². The fraction of sp³-hybridized carbons (Fsp3) is 0.222. The zero-order valence-corrected chi connectivity index (χ0v) is 8.73. The molecule has 68 valence electrons. The molecule has 0 aliphatic carbocycles. The SMILES string of the molecule is Cc1cc(Br)cc2c1NCC(=O)N2. The largest absolute Gasteiger partial charge is 0.374 e. The smallest absolute Gasteiger partial charge is 0.243 e. The summed E-state index contributed by atoms with van der Waals surface area (Å²) < 4.78 is 0.979. The molecule has 0 radical (unpaired) electrons. The monoisotopic (exact) mass is 240 g/mol. The van der Waals surface area contributed by atoms with Gasteiger partial charge in [0.1, 0.15) is 0 Å². The van der Waals surface area contributed by atoms with E-state index in [0.29, 0.717) is 6.54 Å². The van der Waals surface area contributed by atoms with Crippen molar-refractivity contribution in [1.82, 2.24) is 0 Å². The van der Waals surface area contributed by atoms with E-state index in [-0.39, 0.29) is 5.91 Å². The lowest BCUT2D eigenvalue weighted by atomic mass is 10.1. The predicted octanol–water partition coefficient (Wildman–Crippen LogP) is 2.12. The molecule has 1 heterocycles. The maximum Gasteiger partial charge on any atom is 0.243 e. The number of carbonyl (C=O) groups is 1. The third-order valence-electron chi connectivity index (χ3n) is 2.00. The Balaban J connectivity index is 2.53. The highest BCUT2D eigenvalue weighted by Crippen LogP contribution is 2.31. The first-order valence-electron chi connectivity index (χ1n) is 4.00. The molecule has 1 amide bonds. The summed E-state index contributed by atoms with van der Waals surface area (Å²) in [5, 5.41) is 5.89. The Labute approximate surface area is 84.6 Å². The van der Waals surface area contributed by atoms with Gasteiger partial charge in [-0.1, -0.05) is 15.9 Å². The summed E-state index contributed by atoms with van der Waals surface area (Å²) >= 11 is 3.38. The summed E-state index contributed by atoms with van der Waals surface area (Å²) in [6.07, 6.45) is 0. The predicted molar refractivity (Wildman–Crippen MR) is 56.0 cm³/mol. The van der Waals surface area contributed by atoms with Crippen molar-refractivity contribution < 1.29 is 4.79 Å². The lowest BCUT2D eigenvalue weighted by Gasteiger charge is -2.20. The van der Waals surface area contributed by atoms with Crippen molar-refractivity contribution in [2.45, 2.75) is 6.92 Å². The molecule has 2 N–H and O–H groups in total. The molecule has 0 saturated carbocycles. The van der Waals surface area contributed by atoms with Crippen molar-refractivity contribution in [3.05, 3.63) is 22.2 Å². The molecule has 13 heavy (non-hydrogen) atoms. The fourth-order valence-corrected chi connectivity index (χ4v) is 2.01. The number of anilines is 2. The zero-order valence-electron chi connectivity index (χ0n) is 7.15. The van der Waals surface area contributed by atoms with Gasteiger partial charge in [0.25, 0.3) is 0 Å². The minimum atomic E-state index is 0.00463. The molecule has 4 heteroatoms. The Kier molecular flexibility index (Phi) is 2.00. The topological polar surface area (TPSA) is 41.1 Å². The van der Waals surface area contributed by atoms with Crippen LogP contribution in [0.25, 0.3) is 0 Å². The van der Waals surface area contributed by atoms with Gasteiger partial charge in [-0.2, -0.15) is 0 Å². The van der Waals surface area contributed by atoms with Crippen LogP contribution >= 0.6 is 15.9 Å². The molecular formula is C9H9BrN2O. The van der Waals surface area contributed by atoms with Crippen LogP contribution in [-0.2, 0) is 4.79 Å². The molecule has 0 fully saturated rings. The van der Waals surface area contributed by atoms with Crippen LogP contribution in [-0.4, -0.2) is 12.5 Å². The Bertz CT molecular complexity index is 376. The van der Waals surface area contributed by atoms with Gasteiger partial charge in [-0.25, -0.2) is 0 Å². The highest BCUT2D eigenvalue weighted by molar-refractivity contribution is 9.10. The van der Waals surface area contributed by atoms with E-state index in [1.165, 1.54) is 0 Å². The summed E-state index contributed by atoms with van der Waals surface area (Å²) in [7, 11) is 0. The van der Waals surface area contributed by atoms with Gasteiger partial charge in [-0.3, -0.25) is 4.79 Å². The molecule has 1 aliphatic heterocycles. The van der Waals surface area contributed by atoms with E-state index in [1.54, 1.807) is 0 Å². The highest BCUT2D eigenvalue weighted by atomic mass is 79.9. The summed E-state index contributed by atoms with van der Waals surface area (Å²) in [4.78, 5) is 11.1. The van der Waals surface area contributed by atoms with Crippen molar-refractivity contribution >= 4 is 33.2 Å². The van der Waals surface area contributed by atoms with Crippen LogP contribution in [0.1, 0.15) is 5.56 Å². The summed E-state index contributed by atoms with van der Waals surface area (Å²) in [5.41, 5.74) is 3.00. The third-order valence-corrected chi connectivity index (χ3v) is 2.46. The van der Waals surface area contributed by atoms with Gasteiger partial charge >= 0.3 is 0 Å². The van der Waals surface area contributed by atoms with E-state index in [1.807, 2.05) is 19.1 Å². The van der Waals surface area contributed by atoms with Gasteiger partial charge in [0.05, 0.1) is 17.9 Å². The number of benzene rings is 1. The van der Waals surface area contributed by atoms with Crippen LogP contribution < -0.4 is 10.6 Å². The van der Waals surface area contributed by atoms with Crippen LogP contribution in [0, 0.1) is 6.92 Å². The molecule has 2 rings (SSSR count). The van der Waals surface area contributed by atoms with E-state index < -0.39 is 0 Å². The fourth-order valence-electron chi connectivity index (χ4n) is 1.44. The Hall–Kier alpha value is -1.03. The number of amides is 1. The Morgan fingerprint density at radius 1 is 1.46 bits per heavy atom. The minimum Gasteiger partial charge on any atom is -0.374 e. The van der Waals surface area contributed by atoms with E-state index in [2.05, 4.69) is 26.6 Å². The minimum absolute atomic E-state index is 0.00463. The van der Waals surface area contributed by atoms with Gasteiger partial charge in [0.15, 0.2) is 0 Å². The Morgan fingerprint density at radius 2 is 2.23 bits per heavy atom. The maximum atomic E-state index is 11.1. The number of nitrogens with one attached hydrogen (secondary N) is 2. The molecule has 1 aromatic rings. The van der Waals surface area contributed by atoms with Crippen molar-refractivity contribution in [1.29, 1.82) is 0 Å². The number of rotatable bonds is 0. The molecule has 0 bridgehead atoms. The van der Waals surface area contributed by atoms with E-state index >= 15 is 0 Å². The first kappa shape index (κ1) is 8.56. The molecule has 0 saturated heterocycles.